The summed E-state index contributed by atoms with van der Waals surface area (Å²) in [6.07, 6.45) is 4.64. The molecule has 0 amide bonds. The van der Waals surface area contributed by atoms with E-state index in [0.29, 0.717) is 18.0 Å². The molecule has 1 N–H and O–H groups in total. The summed E-state index contributed by atoms with van der Waals surface area (Å²) in [6, 6.07) is 12.8. The van der Waals surface area contributed by atoms with Gasteiger partial charge in [0.2, 0.25) is 0 Å². The zero-order valence-electron chi connectivity index (χ0n) is 13.8. The van der Waals surface area contributed by atoms with E-state index < -0.39 is 0 Å². The molecule has 23 heavy (non-hydrogen) atoms. The highest BCUT2D eigenvalue weighted by molar-refractivity contribution is 5.54. The smallest absolute Gasteiger partial charge is 0.146 e. The summed E-state index contributed by atoms with van der Waals surface area (Å²) in [7, 11) is 0. The number of unbranched alkanes of at least 4 members (excludes halogenated alkanes) is 3. The first-order chi connectivity index (χ1) is 11.2. The summed E-state index contributed by atoms with van der Waals surface area (Å²) in [5.74, 6) is 0.736. The van der Waals surface area contributed by atoms with Gasteiger partial charge in [-0.2, -0.15) is 5.11 Å². The summed E-state index contributed by atoms with van der Waals surface area (Å²) in [5.41, 5.74) is 2.36. The minimum Gasteiger partial charge on any atom is -0.505 e. The molecule has 0 bridgehead atoms. The van der Waals surface area contributed by atoms with Crippen molar-refractivity contribution in [3.05, 3.63) is 48.0 Å². The molecule has 0 aromatic heterocycles. The fourth-order valence-corrected chi connectivity index (χ4v) is 2.12. The minimum absolute atomic E-state index is 0.0759. The van der Waals surface area contributed by atoms with E-state index >= 15 is 0 Å². The highest BCUT2D eigenvalue weighted by atomic mass is 16.5. The van der Waals surface area contributed by atoms with Gasteiger partial charge in [0.05, 0.1) is 12.3 Å². The molecule has 0 spiro atoms. The van der Waals surface area contributed by atoms with Gasteiger partial charge in [-0.1, -0.05) is 43.9 Å². The number of benzene rings is 2. The van der Waals surface area contributed by atoms with E-state index in [1.165, 1.54) is 24.8 Å². The molecular weight excluding hydrogens is 288 g/mol. The van der Waals surface area contributed by atoms with Crippen LogP contribution in [0.3, 0.4) is 0 Å². The number of phenolic OH excluding ortho intramolecular Hbond substituents is 1. The van der Waals surface area contributed by atoms with Crippen LogP contribution < -0.4 is 4.74 Å². The van der Waals surface area contributed by atoms with Crippen molar-refractivity contribution in [1.29, 1.82) is 0 Å². The van der Waals surface area contributed by atoms with E-state index in [1.54, 1.807) is 12.1 Å². The molecule has 122 valence electrons. The van der Waals surface area contributed by atoms with Crippen LogP contribution in [-0.2, 0) is 0 Å². The van der Waals surface area contributed by atoms with Crippen molar-refractivity contribution in [2.45, 2.75) is 39.5 Å². The fourth-order valence-electron chi connectivity index (χ4n) is 2.12. The summed E-state index contributed by atoms with van der Waals surface area (Å²) in [6.45, 7) is 4.88. The van der Waals surface area contributed by atoms with Crippen molar-refractivity contribution in [2.24, 2.45) is 10.2 Å². The molecule has 4 nitrogen and oxygen atoms in total. The zero-order valence-corrected chi connectivity index (χ0v) is 13.8. The van der Waals surface area contributed by atoms with Gasteiger partial charge in [-0.05, 0) is 37.6 Å². The summed E-state index contributed by atoms with van der Waals surface area (Å²) < 4.78 is 5.63. The SMILES string of the molecule is CCCCCCOc1ccc(N=Nc2ccc(C)cc2)c(O)c1. The van der Waals surface area contributed by atoms with Crippen molar-refractivity contribution in [3.63, 3.8) is 0 Å². The number of nitrogens with zero attached hydrogens (tertiary/aromatic N) is 2. The molecule has 0 atom stereocenters. The quantitative estimate of drug-likeness (QED) is 0.474. The Morgan fingerprint density at radius 2 is 1.74 bits per heavy atom. The lowest BCUT2D eigenvalue weighted by Crippen LogP contribution is -1.96. The maximum Gasteiger partial charge on any atom is 0.146 e. The van der Waals surface area contributed by atoms with Crippen molar-refractivity contribution < 1.29 is 9.84 Å². The maximum atomic E-state index is 10.0. The molecule has 2 rings (SSSR count). The van der Waals surface area contributed by atoms with Crippen LogP contribution in [0, 0.1) is 6.92 Å². The average molecular weight is 312 g/mol. The third kappa shape index (κ3) is 5.74. The van der Waals surface area contributed by atoms with Gasteiger partial charge in [-0.3, -0.25) is 0 Å². The van der Waals surface area contributed by atoms with Crippen LogP contribution in [0.15, 0.2) is 52.7 Å². The number of phenols is 1. The third-order valence-electron chi connectivity index (χ3n) is 3.52. The molecule has 0 aliphatic carbocycles. The zero-order chi connectivity index (χ0) is 16.5. The van der Waals surface area contributed by atoms with Gasteiger partial charge >= 0.3 is 0 Å². The van der Waals surface area contributed by atoms with Crippen LogP contribution in [0.1, 0.15) is 38.2 Å². The molecule has 0 saturated carbocycles. The number of aryl methyl sites for hydroxylation is 1. The van der Waals surface area contributed by atoms with Crippen LogP contribution in [0.25, 0.3) is 0 Å². The van der Waals surface area contributed by atoms with Crippen molar-refractivity contribution in [1.82, 2.24) is 0 Å². The van der Waals surface area contributed by atoms with Crippen molar-refractivity contribution in [2.75, 3.05) is 6.61 Å². The number of rotatable bonds is 8. The van der Waals surface area contributed by atoms with Gasteiger partial charge in [0.15, 0.2) is 0 Å². The van der Waals surface area contributed by atoms with E-state index in [1.807, 2.05) is 37.3 Å². The lowest BCUT2D eigenvalue weighted by molar-refractivity contribution is 0.303. The summed E-state index contributed by atoms with van der Waals surface area (Å²) in [4.78, 5) is 0. The Hall–Kier alpha value is -2.36. The second-order valence-electron chi connectivity index (χ2n) is 5.60. The predicted molar refractivity (Wildman–Crippen MR) is 93.1 cm³/mol. The maximum absolute atomic E-state index is 10.0. The molecule has 0 unspecified atom stereocenters. The predicted octanol–water partition coefficient (Wildman–Crippen LogP) is 6.08. The van der Waals surface area contributed by atoms with Crippen LogP contribution in [0.4, 0.5) is 11.4 Å². The number of aromatic hydroxyl groups is 1. The largest absolute Gasteiger partial charge is 0.505 e. The average Bonchev–Trinajstić information content (AvgIpc) is 2.55. The van der Waals surface area contributed by atoms with E-state index in [4.69, 9.17) is 4.74 Å². The standard InChI is InChI=1S/C19H24N2O2/c1-3-4-5-6-13-23-17-11-12-18(19(22)14-17)21-20-16-9-7-15(2)8-10-16/h7-12,14,22H,3-6,13H2,1-2H3. The Morgan fingerprint density at radius 1 is 0.957 bits per heavy atom. The highest BCUT2D eigenvalue weighted by Crippen LogP contribution is 2.31. The molecule has 0 aliphatic heterocycles. The van der Waals surface area contributed by atoms with E-state index in [0.717, 1.165) is 12.1 Å². The summed E-state index contributed by atoms with van der Waals surface area (Å²) in [5, 5.41) is 18.2. The topological polar surface area (TPSA) is 54.2 Å². The molecule has 0 radical (unpaired) electrons. The van der Waals surface area contributed by atoms with Gasteiger partial charge in [0.25, 0.3) is 0 Å². The molecule has 2 aromatic rings. The van der Waals surface area contributed by atoms with Crippen molar-refractivity contribution in [3.8, 4) is 11.5 Å². The fraction of sp³-hybridized carbons (Fsp3) is 0.368. The van der Waals surface area contributed by atoms with Gasteiger partial charge in [0, 0.05) is 6.07 Å². The number of hydrogen-bond acceptors (Lipinski definition) is 4. The molecule has 0 saturated heterocycles. The second kappa shape index (κ2) is 8.93. The van der Waals surface area contributed by atoms with Gasteiger partial charge < -0.3 is 9.84 Å². The van der Waals surface area contributed by atoms with Crippen LogP contribution in [0.5, 0.6) is 11.5 Å². The molecular formula is C19H24N2O2. The normalized spacial score (nSPS) is 11.0. The van der Waals surface area contributed by atoms with E-state index in [2.05, 4.69) is 17.2 Å². The molecule has 0 fully saturated rings. The van der Waals surface area contributed by atoms with Crippen LogP contribution >= 0.6 is 0 Å². The number of azo groups is 1. The Morgan fingerprint density at radius 3 is 2.43 bits per heavy atom. The first-order valence-electron chi connectivity index (χ1n) is 8.13. The minimum atomic E-state index is 0.0759. The van der Waals surface area contributed by atoms with E-state index in [-0.39, 0.29) is 5.75 Å². The molecule has 2 aromatic carbocycles. The van der Waals surface area contributed by atoms with Gasteiger partial charge in [-0.25, -0.2) is 0 Å². The van der Waals surface area contributed by atoms with Crippen LogP contribution in [-0.4, -0.2) is 11.7 Å². The second-order valence-corrected chi connectivity index (χ2v) is 5.60. The lowest BCUT2D eigenvalue weighted by Gasteiger charge is -2.07. The van der Waals surface area contributed by atoms with Crippen molar-refractivity contribution >= 4 is 11.4 Å². The lowest BCUT2D eigenvalue weighted by atomic mass is 10.2. The summed E-state index contributed by atoms with van der Waals surface area (Å²) >= 11 is 0. The monoisotopic (exact) mass is 312 g/mol. The number of ether oxygens (including phenoxy) is 1. The van der Waals surface area contributed by atoms with Crippen LogP contribution in [0.2, 0.25) is 0 Å². The molecule has 0 aliphatic rings. The van der Waals surface area contributed by atoms with Gasteiger partial charge in [-0.15, -0.1) is 5.11 Å². The first-order valence-corrected chi connectivity index (χ1v) is 8.13. The Balaban J connectivity index is 1.92. The Bertz CT molecular complexity index is 636. The molecule has 0 heterocycles. The Labute approximate surface area is 137 Å². The Kier molecular flexibility index (Phi) is 6.60. The molecule has 4 heteroatoms. The first kappa shape index (κ1) is 17.0. The van der Waals surface area contributed by atoms with E-state index in [9.17, 15) is 5.11 Å². The third-order valence-corrected chi connectivity index (χ3v) is 3.52. The van der Waals surface area contributed by atoms with Gasteiger partial charge in [0.1, 0.15) is 17.2 Å². The number of hydrogen-bond donors (Lipinski definition) is 1. The highest BCUT2D eigenvalue weighted by Gasteiger charge is 2.03.